The van der Waals surface area contributed by atoms with Crippen LogP contribution in [0.15, 0.2) is 24.3 Å². The Morgan fingerprint density at radius 1 is 1.29 bits per heavy atom. The van der Waals surface area contributed by atoms with Crippen LogP contribution in [0.1, 0.15) is 23.2 Å². The highest BCUT2D eigenvalue weighted by molar-refractivity contribution is 5.97. The first-order chi connectivity index (χ1) is 10.1. The second kappa shape index (κ2) is 5.31. The number of tetrazole rings is 1. The average Bonchev–Trinajstić information content (AvgIpc) is 3.17. The van der Waals surface area contributed by atoms with E-state index in [2.05, 4.69) is 25.9 Å². The van der Waals surface area contributed by atoms with Gasteiger partial charge in [-0.2, -0.15) is 5.21 Å². The zero-order valence-electron chi connectivity index (χ0n) is 11.0. The van der Waals surface area contributed by atoms with Crippen LogP contribution < -0.4 is 5.32 Å². The topological polar surface area (TPSA) is 121 Å². The summed E-state index contributed by atoms with van der Waals surface area (Å²) >= 11 is 0. The summed E-state index contributed by atoms with van der Waals surface area (Å²) in [7, 11) is 0. The Kier molecular flexibility index (Phi) is 3.35. The molecule has 1 atom stereocenters. The van der Waals surface area contributed by atoms with Crippen molar-refractivity contribution in [2.24, 2.45) is 5.92 Å². The number of carbonyl (C=O) groups excluding carboxylic acids is 1. The number of nitrogens with zero attached hydrogens (tertiary/aromatic N) is 3. The van der Waals surface area contributed by atoms with Crippen molar-refractivity contribution in [1.82, 2.24) is 25.9 Å². The minimum Gasteiger partial charge on any atom is -0.480 e. The number of aliphatic carboxylic acids is 1. The molecular weight excluding hydrogens is 274 g/mol. The van der Waals surface area contributed by atoms with Crippen molar-refractivity contribution in [3.63, 3.8) is 0 Å². The molecule has 0 bridgehead atoms. The van der Waals surface area contributed by atoms with Gasteiger partial charge in [0.2, 0.25) is 5.82 Å². The third-order valence-electron chi connectivity index (χ3n) is 3.40. The number of carboxylic acid groups (broad SMARTS) is 1. The molecule has 1 saturated carbocycles. The number of benzene rings is 1. The Balaban J connectivity index is 1.71. The lowest BCUT2D eigenvalue weighted by Crippen LogP contribution is -2.42. The summed E-state index contributed by atoms with van der Waals surface area (Å²) in [5, 5.41) is 25.2. The van der Waals surface area contributed by atoms with E-state index in [4.69, 9.17) is 5.11 Å². The zero-order valence-corrected chi connectivity index (χ0v) is 11.0. The summed E-state index contributed by atoms with van der Waals surface area (Å²) in [5.74, 6) is -0.906. The summed E-state index contributed by atoms with van der Waals surface area (Å²) < 4.78 is 0. The van der Waals surface area contributed by atoms with Crippen LogP contribution in [0.5, 0.6) is 0 Å². The highest BCUT2D eigenvalue weighted by Gasteiger charge is 2.37. The van der Waals surface area contributed by atoms with Gasteiger partial charge in [-0.3, -0.25) is 4.79 Å². The number of amides is 1. The lowest BCUT2D eigenvalue weighted by molar-refractivity contribution is -0.139. The fourth-order valence-electron chi connectivity index (χ4n) is 2.09. The maximum atomic E-state index is 12.1. The molecule has 1 aromatic heterocycles. The molecule has 2 aromatic rings. The minimum atomic E-state index is -0.991. The van der Waals surface area contributed by atoms with Gasteiger partial charge >= 0.3 is 5.97 Å². The van der Waals surface area contributed by atoms with Crippen LogP contribution in [0.25, 0.3) is 11.4 Å². The number of aromatic nitrogens is 4. The van der Waals surface area contributed by atoms with Gasteiger partial charge in [0.15, 0.2) is 0 Å². The van der Waals surface area contributed by atoms with Gasteiger partial charge < -0.3 is 10.4 Å². The van der Waals surface area contributed by atoms with Crippen molar-refractivity contribution in [1.29, 1.82) is 0 Å². The van der Waals surface area contributed by atoms with Crippen molar-refractivity contribution in [2.45, 2.75) is 18.9 Å². The molecule has 0 aliphatic heterocycles. The first-order valence-electron chi connectivity index (χ1n) is 6.52. The van der Waals surface area contributed by atoms with Gasteiger partial charge in [0.25, 0.3) is 5.91 Å². The normalized spacial score (nSPS) is 15.4. The molecule has 1 aliphatic rings. The number of aromatic amines is 1. The smallest absolute Gasteiger partial charge is 0.326 e. The van der Waals surface area contributed by atoms with Crippen LogP contribution in [-0.4, -0.2) is 43.6 Å². The maximum Gasteiger partial charge on any atom is 0.326 e. The predicted octanol–water partition coefficient (Wildman–Crippen LogP) is 0.460. The van der Waals surface area contributed by atoms with Crippen molar-refractivity contribution >= 4 is 11.9 Å². The molecule has 8 nitrogen and oxygen atoms in total. The number of rotatable bonds is 5. The molecule has 1 amide bonds. The Labute approximate surface area is 119 Å². The van der Waals surface area contributed by atoms with E-state index in [1.165, 1.54) is 0 Å². The molecule has 21 heavy (non-hydrogen) atoms. The van der Waals surface area contributed by atoms with E-state index in [0.717, 1.165) is 18.4 Å². The quantitative estimate of drug-likeness (QED) is 0.734. The summed E-state index contributed by atoms with van der Waals surface area (Å²) in [6.45, 7) is 0. The number of carboxylic acids is 1. The van der Waals surface area contributed by atoms with Gasteiger partial charge in [-0.1, -0.05) is 12.1 Å². The van der Waals surface area contributed by atoms with Crippen LogP contribution in [0.2, 0.25) is 0 Å². The van der Waals surface area contributed by atoms with Crippen molar-refractivity contribution in [3.05, 3.63) is 29.8 Å². The Bertz CT molecular complexity index is 649. The minimum absolute atomic E-state index is 0.0463. The lowest BCUT2D eigenvalue weighted by atomic mass is 10.1. The van der Waals surface area contributed by atoms with Crippen molar-refractivity contribution < 1.29 is 14.7 Å². The number of H-pyrrole nitrogens is 1. The van der Waals surface area contributed by atoms with Crippen molar-refractivity contribution in [3.8, 4) is 11.4 Å². The highest BCUT2D eigenvalue weighted by Crippen LogP contribution is 2.32. The van der Waals surface area contributed by atoms with Crippen LogP contribution in [0.4, 0.5) is 0 Å². The Morgan fingerprint density at radius 2 is 2.00 bits per heavy atom. The van der Waals surface area contributed by atoms with E-state index in [-0.39, 0.29) is 5.92 Å². The van der Waals surface area contributed by atoms with Gasteiger partial charge in [-0.05, 0) is 36.1 Å². The molecule has 8 heteroatoms. The van der Waals surface area contributed by atoms with Crippen LogP contribution >= 0.6 is 0 Å². The predicted molar refractivity (Wildman–Crippen MR) is 71.2 cm³/mol. The Hall–Kier alpha value is -2.77. The van der Waals surface area contributed by atoms with Crippen LogP contribution in [0.3, 0.4) is 0 Å². The van der Waals surface area contributed by atoms with Crippen LogP contribution in [0, 0.1) is 5.92 Å². The number of hydrogen-bond acceptors (Lipinski definition) is 5. The molecule has 1 fully saturated rings. The molecule has 1 aromatic carbocycles. The number of carbonyl (C=O) groups is 2. The maximum absolute atomic E-state index is 12.1. The van der Waals surface area contributed by atoms with E-state index in [0.29, 0.717) is 11.4 Å². The monoisotopic (exact) mass is 287 g/mol. The highest BCUT2D eigenvalue weighted by atomic mass is 16.4. The van der Waals surface area contributed by atoms with E-state index in [1.807, 2.05) is 0 Å². The van der Waals surface area contributed by atoms with Crippen molar-refractivity contribution in [2.75, 3.05) is 0 Å². The molecule has 1 aliphatic carbocycles. The number of nitrogens with one attached hydrogen (secondary N) is 2. The second-order valence-electron chi connectivity index (χ2n) is 4.94. The summed E-state index contributed by atoms with van der Waals surface area (Å²) in [4.78, 5) is 23.2. The van der Waals surface area contributed by atoms with Gasteiger partial charge in [-0.25, -0.2) is 4.79 Å². The molecule has 108 valence electrons. The van der Waals surface area contributed by atoms with Gasteiger partial charge in [0.05, 0.1) is 0 Å². The molecule has 1 heterocycles. The number of hydrogen-bond donors (Lipinski definition) is 3. The SMILES string of the molecule is O=C(NC(C(=O)O)C1CC1)c1ccc(-c2nn[nH]n2)cc1. The second-order valence-corrected chi connectivity index (χ2v) is 4.94. The Morgan fingerprint density at radius 3 is 2.52 bits per heavy atom. The summed E-state index contributed by atoms with van der Waals surface area (Å²) in [5.41, 5.74) is 1.12. The largest absolute Gasteiger partial charge is 0.480 e. The van der Waals surface area contributed by atoms with E-state index in [9.17, 15) is 9.59 Å². The van der Waals surface area contributed by atoms with Gasteiger partial charge in [-0.15, -0.1) is 10.2 Å². The van der Waals surface area contributed by atoms with Crippen LogP contribution in [-0.2, 0) is 4.79 Å². The molecule has 0 spiro atoms. The van der Waals surface area contributed by atoms with E-state index in [1.54, 1.807) is 24.3 Å². The van der Waals surface area contributed by atoms with E-state index >= 15 is 0 Å². The molecule has 0 saturated heterocycles. The van der Waals surface area contributed by atoms with E-state index < -0.39 is 17.9 Å². The molecule has 1 unspecified atom stereocenters. The molecule has 0 radical (unpaired) electrons. The third-order valence-corrected chi connectivity index (χ3v) is 3.40. The van der Waals surface area contributed by atoms with Gasteiger partial charge in [0, 0.05) is 11.1 Å². The summed E-state index contributed by atoms with van der Waals surface area (Å²) in [6, 6.07) is 5.77. The summed E-state index contributed by atoms with van der Waals surface area (Å²) in [6.07, 6.45) is 1.68. The fourth-order valence-corrected chi connectivity index (χ4v) is 2.09. The molecule has 3 N–H and O–H groups in total. The fraction of sp³-hybridized carbons (Fsp3) is 0.308. The first-order valence-corrected chi connectivity index (χ1v) is 6.52. The van der Waals surface area contributed by atoms with Gasteiger partial charge in [0.1, 0.15) is 6.04 Å². The standard InChI is InChI=1S/C13H13N5O3/c19-12(14-10(13(20)21)7-1-2-7)9-5-3-8(4-6-9)11-15-17-18-16-11/h3-7,10H,1-2H2,(H,14,19)(H,20,21)(H,15,16,17,18). The average molecular weight is 287 g/mol. The third kappa shape index (κ3) is 2.88. The zero-order chi connectivity index (χ0) is 14.8. The molecule has 3 rings (SSSR count). The lowest BCUT2D eigenvalue weighted by Gasteiger charge is -2.13. The molecular formula is C13H13N5O3. The first kappa shape index (κ1) is 13.2.